The largest absolute Gasteiger partial charge is 0.480 e. The standard InChI is InChI=1S/C8H15NO5/c1-5(2)14-4-7(11)9-6(3-10)8(12)13/h5-6,10H,3-4H2,1-2H3,(H,9,11)(H,12,13)/t6-/m0/s1. The van der Waals surface area contributed by atoms with Crippen LogP contribution in [0.25, 0.3) is 0 Å². The number of nitrogens with one attached hydrogen (secondary N) is 1. The topological polar surface area (TPSA) is 95.9 Å². The van der Waals surface area contributed by atoms with E-state index in [0.29, 0.717) is 0 Å². The summed E-state index contributed by atoms with van der Waals surface area (Å²) in [7, 11) is 0. The first-order valence-electron chi connectivity index (χ1n) is 4.22. The van der Waals surface area contributed by atoms with Crippen molar-refractivity contribution in [1.29, 1.82) is 0 Å². The van der Waals surface area contributed by atoms with Gasteiger partial charge in [0.15, 0.2) is 0 Å². The highest BCUT2D eigenvalue weighted by Crippen LogP contribution is 1.88. The first-order chi connectivity index (χ1) is 6.47. The summed E-state index contributed by atoms with van der Waals surface area (Å²) in [5.74, 6) is -1.83. The molecule has 0 aromatic heterocycles. The molecule has 0 radical (unpaired) electrons. The van der Waals surface area contributed by atoms with Crippen LogP contribution in [0.3, 0.4) is 0 Å². The first-order valence-corrected chi connectivity index (χ1v) is 4.22. The van der Waals surface area contributed by atoms with Gasteiger partial charge in [0.2, 0.25) is 5.91 Å². The fourth-order valence-electron chi connectivity index (χ4n) is 0.664. The maximum atomic E-state index is 11.0. The van der Waals surface area contributed by atoms with Crippen molar-refractivity contribution in [2.75, 3.05) is 13.2 Å². The van der Waals surface area contributed by atoms with Crippen molar-refractivity contribution < 1.29 is 24.5 Å². The van der Waals surface area contributed by atoms with Crippen LogP contribution in [0.2, 0.25) is 0 Å². The maximum absolute atomic E-state index is 11.0. The number of aliphatic carboxylic acids is 1. The minimum absolute atomic E-state index is 0.0989. The van der Waals surface area contributed by atoms with Crippen LogP contribution in [0.4, 0.5) is 0 Å². The smallest absolute Gasteiger partial charge is 0.328 e. The molecule has 0 aliphatic heterocycles. The summed E-state index contributed by atoms with van der Waals surface area (Å²) in [6, 6.07) is -1.27. The summed E-state index contributed by atoms with van der Waals surface area (Å²) in [4.78, 5) is 21.4. The summed E-state index contributed by atoms with van der Waals surface area (Å²) >= 11 is 0. The molecule has 0 unspecified atom stereocenters. The fraction of sp³-hybridized carbons (Fsp3) is 0.750. The number of aliphatic hydroxyl groups is 1. The molecule has 0 aliphatic rings. The van der Waals surface area contributed by atoms with E-state index in [2.05, 4.69) is 5.32 Å². The van der Waals surface area contributed by atoms with Crippen molar-refractivity contribution in [2.45, 2.75) is 26.0 Å². The second-order valence-corrected chi connectivity index (χ2v) is 3.00. The summed E-state index contributed by atoms with van der Waals surface area (Å²) in [5.41, 5.74) is 0. The number of carbonyl (C=O) groups is 2. The molecule has 0 aliphatic carbocycles. The molecule has 0 fully saturated rings. The maximum Gasteiger partial charge on any atom is 0.328 e. The van der Waals surface area contributed by atoms with E-state index in [1.165, 1.54) is 0 Å². The van der Waals surface area contributed by atoms with E-state index in [1.54, 1.807) is 13.8 Å². The van der Waals surface area contributed by atoms with Gasteiger partial charge in [-0.25, -0.2) is 4.79 Å². The van der Waals surface area contributed by atoms with Gasteiger partial charge in [-0.1, -0.05) is 0 Å². The van der Waals surface area contributed by atoms with Crippen molar-refractivity contribution in [3.63, 3.8) is 0 Å². The van der Waals surface area contributed by atoms with Gasteiger partial charge in [-0.3, -0.25) is 4.79 Å². The SMILES string of the molecule is CC(C)OCC(=O)N[C@@H](CO)C(=O)O. The molecule has 82 valence electrons. The molecule has 0 aromatic carbocycles. The van der Waals surface area contributed by atoms with Gasteiger partial charge in [0.05, 0.1) is 12.7 Å². The highest BCUT2D eigenvalue weighted by Gasteiger charge is 2.18. The van der Waals surface area contributed by atoms with Crippen molar-refractivity contribution in [2.24, 2.45) is 0 Å². The number of aliphatic hydroxyl groups excluding tert-OH is 1. The molecule has 3 N–H and O–H groups in total. The van der Waals surface area contributed by atoms with Crippen LogP contribution in [0, 0.1) is 0 Å². The van der Waals surface area contributed by atoms with Gasteiger partial charge < -0.3 is 20.3 Å². The van der Waals surface area contributed by atoms with Crippen LogP contribution in [0.15, 0.2) is 0 Å². The number of carbonyl (C=O) groups excluding carboxylic acids is 1. The number of ether oxygens (including phenoxy) is 1. The summed E-state index contributed by atoms with van der Waals surface area (Å²) < 4.78 is 4.94. The Morgan fingerprint density at radius 2 is 2.00 bits per heavy atom. The van der Waals surface area contributed by atoms with Crippen LogP contribution in [0.5, 0.6) is 0 Å². The van der Waals surface area contributed by atoms with Gasteiger partial charge in [0.25, 0.3) is 0 Å². The first kappa shape index (κ1) is 12.9. The molecule has 0 bridgehead atoms. The molecular weight excluding hydrogens is 190 g/mol. The number of carboxylic acids is 1. The van der Waals surface area contributed by atoms with Crippen LogP contribution in [0.1, 0.15) is 13.8 Å². The van der Waals surface area contributed by atoms with E-state index in [4.69, 9.17) is 14.9 Å². The van der Waals surface area contributed by atoms with Crippen molar-refractivity contribution in [3.05, 3.63) is 0 Å². The van der Waals surface area contributed by atoms with E-state index in [-0.39, 0.29) is 12.7 Å². The zero-order valence-corrected chi connectivity index (χ0v) is 8.19. The summed E-state index contributed by atoms with van der Waals surface area (Å²) in [6.07, 6.45) is -0.0989. The van der Waals surface area contributed by atoms with E-state index >= 15 is 0 Å². The quantitative estimate of drug-likeness (QED) is 0.515. The van der Waals surface area contributed by atoms with E-state index in [1.807, 2.05) is 0 Å². The van der Waals surface area contributed by atoms with Gasteiger partial charge in [0.1, 0.15) is 12.6 Å². The number of carboxylic acid groups (broad SMARTS) is 1. The number of hydrogen-bond acceptors (Lipinski definition) is 4. The molecule has 14 heavy (non-hydrogen) atoms. The molecule has 0 spiro atoms. The molecule has 0 rings (SSSR count). The molecule has 0 saturated heterocycles. The number of rotatable bonds is 6. The zero-order chi connectivity index (χ0) is 11.1. The average Bonchev–Trinajstić information content (AvgIpc) is 2.10. The zero-order valence-electron chi connectivity index (χ0n) is 8.19. The highest BCUT2D eigenvalue weighted by molar-refractivity contribution is 5.84. The van der Waals surface area contributed by atoms with Crippen molar-refractivity contribution >= 4 is 11.9 Å². The van der Waals surface area contributed by atoms with Crippen LogP contribution >= 0.6 is 0 Å². The second kappa shape index (κ2) is 6.33. The monoisotopic (exact) mass is 205 g/mol. The number of amides is 1. The van der Waals surface area contributed by atoms with Crippen LogP contribution < -0.4 is 5.32 Å². The van der Waals surface area contributed by atoms with Gasteiger partial charge >= 0.3 is 5.97 Å². The lowest BCUT2D eigenvalue weighted by Crippen LogP contribution is -2.45. The van der Waals surface area contributed by atoms with Gasteiger partial charge in [-0.2, -0.15) is 0 Å². The van der Waals surface area contributed by atoms with Crippen LogP contribution in [-0.4, -0.2) is 47.4 Å². The van der Waals surface area contributed by atoms with E-state index in [0.717, 1.165) is 0 Å². The molecule has 6 nitrogen and oxygen atoms in total. The normalized spacial score (nSPS) is 12.6. The Bertz CT molecular complexity index is 204. The predicted octanol–water partition coefficient (Wildman–Crippen LogP) is -1.03. The lowest BCUT2D eigenvalue weighted by molar-refractivity contribution is -0.143. The molecule has 0 aromatic rings. The van der Waals surface area contributed by atoms with Gasteiger partial charge in [-0.15, -0.1) is 0 Å². The molecular formula is C8H15NO5. The highest BCUT2D eigenvalue weighted by atomic mass is 16.5. The van der Waals surface area contributed by atoms with Crippen LogP contribution in [-0.2, 0) is 14.3 Å². The molecule has 6 heteroatoms. The third-order valence-corrected chi connectivity index (χ3v) is 1.36. The Morgan fingerprint density at radius 1 is 1.43 bits per heavy atom. The Balaban J connectivity index is 3.85. The third kappa shape index (κ3) is 5.50. The Hall–Kier alpha value is -1.14. The molecule has 1 atom stereocenters. The summed E-state index contributed by atoms with van der Waals surface area (Å²) in [5, 5.41) is 19.2. The van der Waals surface area contributed by atoms with Crippen molar-refractivity contribution in [3.8, 4) is 0 Å². The molecule has 1 amide bonds. The number of hydrogen-bond donors (Lipinski definition) is 3. The van der Waals surface area contributed by atoms with E-state index in [9.17, 15) is 9.59 Å². The van der Waals surface area contributed by atoms with E-state index < -0.39 is 24.5 Å². The minimum atomic E-state index is -1.27. The molecule has 0 heterocycles. The Labute approximate surface area is 81.9 Å². The minimum Gasteiger partial charge on any atom is -0.480 e. The predicted molar refractivity (Wildman–Crippen MR) is 47.7 cm³/mol. The second-order valence-electron chi connectivity index (χ2n) is 3.00. The summed E-state index contributed by atoms with van der Waals surface area (Å²) in [6.45, 7) is 2.67. The Kier molecular flexibility index (Phi) is 5.82. The van der Waals surface area contributed by atoms with Gasteiger partial charge in [0, 0.05) is 0 Å². The lowest BCUT2D eigenvalue weighted by atomic mass is 10.3. The van der Waals surface area contributed by atoms with Crippen molar-refractivity contribution in [1.82, 2.24) is 5.32 Å². The van der Waals surface area contributed by atoms with Gasteiger partial charge in [-0.05, 0) is 13.8 Å². The fourth-order valence-corrected chi connectivity index (χ4v) is 0.664. The lowest BCUT2D eigenvalue weighted by Gasteiger charge is -2.12. The average molecular weight is 205 g/mol. The Morgan fingerprint density at radius 3 is 2.36 bits per heavy atom. The third-order valence-electron chi connectivity index (χ3n) is 1.36. The molecule has 0 saturated carbocycles.